The quantitative estimate of drug-likeness (QED) is 0.195. The average molecular weight is 270 g/mol. The first-order valence-corrected chi connectivity index (χ1v) is 4.56. The van der Waals surface area contributed by atoms with E-state index < -0.39 is 0 Å². The van der Waals surface area contributed by atoms with Gasteiger partial charge >= 0.3 is 0 Å². The van der Waals surface area contributed by atoms with Crippen LogP contribution in [0.1, 0.15) is 0 Å². The molecule has 0 radical (unpaired) electrons. The fourth-order valence-corrected chi connectivity index (χ4v) is 1.71. The Bertz CT molecular complexity index is 163. The maximum Gasteiger partial charge on any atom is 0.209 e. The van der Waals surface area contributed by atoms with Crippen molar-refractivity contribution in [2.24, 2.45) is 10.8 Å². The van der Waals surface area contributed by atoms with E-state index in [1.165, 1.54) is 0 Å². The van der Waals surface area contributed by atoms with Gasteiger partial charge in [-0.1, -0.05) is 22.6 Å². The SMILES string of the molecule is NNC1=NC(I)CN1CCO. The second kappa shape index (κ2) is 4.07. The molecule has 1 aliphatic heterocycles. The molecule has 0 spiro atoms. The van der Waals surface area contributed by atoms with Crippen LogP contribution in [0.4, 0.5) is 0 Å². The highest BCUT2D eigenvalue weighted by molar-refractivity contribution is 14.1. The van der Waals surface area contributed by atoms with Gasteiger partial charge in [0.15, 0.2) is 0 Å². The van der Waals surface area contributed by atoms with Gasteiger partial charge in [0.05, 0.1) is 13.2 Å². The van der Waals surface area contributed by atoms with E-state index in [1.54, 1.807) is 0 Å². The van der Waals surface area contributed by atoms with E-state index in [2.05, 4.69) is 33.0 Å². The zero-order valence-corrected chi connectivity index (χ0v) is 8.15. The number of nitrogens with zero attached hydrogens (tertiary/aromatic N) is 2. The number of aliphatic imine (C=N–C) groups is 1. The highest BCUT2D eigenvalue weighted by Gasteiger charge is 2.21. The largest absolute Gasteiger partial charge is 0.395 e. The van der Waals surface area contributed by atoms with E-state index in [-0.39, 0.29) is 10.7 Å². The van der Waals surface area contributed by atoms with Gasteiger partial charge in [-0.3, -0.25) is 5.43 Å². The van der Waals surface area contributed by atoms with Crippen LogP contribution in [0.15, 0.2) is 4.99 Å². The minimum absolute atomic E-state index is 0.129. The Labute approximate surface area is 78.8 Å². The maximum absolute atomic E-state index is 8.66. The normalized spacial score (nSPS) is 23.7. The van der Waals surface area contributed by atoms with E-state index in [0.717, 1.165) is 6.54 Å². The molecular weight excluding hydrogens is 259 g/mol. The van der Waals surface area contributed by atoms with Crippen LogP contribution < -0.4 is 11.3 Å². The van der Waals surface area contributed by atoms with Crippen LogP contribution in [-0.4, -0.2) is 39.7 Å². The zero-order valence-electron chi connectivity index (χ0n) is 6.00. The van der Waals surface area contributed by atoms with Crippen molar-refractivity contribution in [3.05, 3.63) is 0 Å². The summed E-state index contributed by atoms with van der Waals surface area (Å²) in [4.78, 5) is 6.10. The number of β-amino-alcohol motifs (C(OH)–C–C–N with tert-alkyl or cyclic N) is 1. The van der Waals surface area contributed by atoms with Crippen LogP contribution in [0.3, 0.4) is 0 Å². The van der Waals surface area contributed by atoms with Crippen LogP contribution in [-0.2, 0) is 0 Å². The molecule has 1 rings (SSSR count). The minimum Gasteiger partial charge on any atom is -0.395 e. The lowest BCUT2D eigenvalue weighted by Gasteiger charge is -2.17. The molecule has 0 aromatic rings. The molecule has 0 fully saturated rings. The maximum atomic E-state index is 8.66. The number of hydrogen-bond acceptors (Lipinski definition) is 5. The summed E-state index contributed by atoms with van der Waals surface area (Å²) in [6.07, 6.45) is 0. The van der Waals surface area contributed by atoms with Crippen molar-refractivity contribution < 1.29 is 5.11 Å². The number of aliphatic hydroxyl groups excluding tert-OH is 1. The van der Waals surface area contributed by atoms with Gasteiger partial charge in [-0.2, -0.15) is 0 Å². The monoisotopic (exact) mass is 270 g/mol. The summed E-state index contributed by atoms with van der Waals surface area (Å²) in [7, 11) is 0. The molecule has 0 aromatic heterocycles. The molecule has 64 valence electrons. The van der Waals surface area contributed by atoms with Crippen LogP contribution in [0.5, 0.6) is 0 Å². The Morgan fingerprint density at radius 1 is 1.91 bits per heavy atom. The van der Waals surface area contributed by atoms with Gasteiger partial charge in [-0.15, -0.1) is 0 Å². The third-order valence-electron chi connectivity index (χ3n) is 1.43. The topological polar surface area (TPSA) is 73.9 Å². The molecule has 1 atom stereocenters. The molecule has 0 aromatic carbocycles. The van der Waals surface area contributed by atoms with Crippen LogP contribution in [0.25, 0.3) is 0 Å². The molecule has 4 N–H and O–H groups in total. The molecular formula is C5H11IN4O. The van der Waals surface area contributed by atoms with E-state index in [1.807, 2.05) is 4.90 Å². The van der Waals surface area contributed by atoms with Crippen LogP contribution in [0.2, 0.25) is 0 Å². The number of nitrogens with two attached hydrogens (primary N) is 1. The highest BCUT2D eigenvalue weighted by atomic mass is 127. The summed E-state index contributed by atoms with van der Waals surface area (Å²) in [5.41, 5.74) is 2.49. The van der Waals surface area contributed by atoms with Gasteiger partial charge in [-0.05, 0) is 0 Å². The van der Waals surface area contributed by atoms with Crippen LogP contribution in [0, 0.1) is 0 Å². The number of rotatable bonds is 2. The molecule has 1 aliphatic rings. The van der Waals surface area contributed by atoms with E-state index in [0.29, 0.717) is 12.5 Å². The number of hydrazine groups is 1. The Morgan fingerprint density at radius 2 is 2.64 bits per heavy atom. The van der Waals surface area contributed by atoms with Gasteiger partial charge in [0.25, 0.3) is 0 Å². The number of halogens is 1. The number of hydrogen-bond donors (Lipinski definition) is 3. The lowest BCUT2D eigenvalue weighted by Crippen LogP contribution is -2.43. The van der Waals surface area contributed by atoms with E-state index >= 15 is 0 Å². The Morgan fingerprint density at radius 3 is 3.18 bits per heavy atom. The first-order valence-electron chi connectivity index (χ1n) is 3.32. The van der Waals surface area contributed by atoms with E-state index in [4.69, 9.17) is 10.9 Å². The summed E-state index contributed by atoms with van der Waals surface area (Å²) < 4.78 is 0.241. The molecule has 11 heavy (non-hydrogen) atoms. The minimum atomic E-state index is 0.129. The van der Waals surface area contributed by atoms with Crippen molar-refractivity contribution in [3.8, 4) is 0 Å². The van der Waals surface area contributed by atoms with Gasteiger partial charge in [0.2, 0.25) is 5.96 Å². The van der Waals surface area contributed by atoms with Crippen LogP contribution >= 0.6 is 22.6 Å². The molecule has 0 saturated carbocycles. The van der Waals surface area contributed by atoms with Crippen molar-refractivity contribution in [1.82, 2.24) is 10.3 Å². The second-order valence-electron chi connectivity index (χ2n) is 2.20. The predicted octanol–water partition coefficient (Wildman–Crippen LogP) is -1.13. The molecule has 5 nitrogen and oxygen atoms in total. The summed E-state index contributed by atoms with van der Waals surface area (Å²) >= 11 is 2.22. The Kier molecular flexibility index (Phi) is 3.34. The fraction of sp³-hybridized carbons (Fsp3) is 0.800. The van der Waals surface area contributed by atoms with Gasteiger partial charge in [-0.25, -0.2) is 10.8 Å². The summed E-state index contributed by atoms with van der Waals surface area (Å²) in [5, 5.41) is 8.66. The Balaban J connectivity index is 2.49. The summed E-state index contributed by atoms with van der Waals surface area (Å²) in [6, 6.07) is 0. The number of guanidine groups is 1. The standard InChI is InChI=1S/C5H11IN4O/c6-4-3-10(1-2-11)5(8-4)9-7/h4,11H,1-3,7H2,(H,8,9). The second-order valence-corrected chi connectivity index (χ2v) is 3.64. The van der Waals surface area contributed by atoms with Gasteiger partial charge in [0, 0.05) is 6.54 Å². The number of alkyl halides is 1. The molecule has 0 aliphatic carbocycles. The number of aliphatic hydroxyl groups is 1. The van der Waals surface area contributed by atoms with Gasteiger partial charge in [0.1, 0.15) is 4.05 Å². The smallest absolute Gasteiger partial charge is 0.209 e. The predicted molar refractivity (Wildman–Crippen MR) is 51.2 cm³/mol. The lowest BCUT2D eigenvalue weighted by molar-refractivity contribution is 0.253. The first kappa shape index (κ1) is 9.01. The summed E-state index contributed by atoms with van der Waals surface area (Å²) in [5.74, 6) is 5.87. The molecule has 1 heterocycles. The fourth-order valence-electron chi connectivity index (χ4n) is 0.970. The van der Waals surface area contributed by atoms with E-state index in [9.17, 15) is 0 Å². The van der Waals surface area contributed by atoms with Crippen molar-refractivity contribution in [2.75, 3.05) is 19.7 Å². The third kappa shape index (κ3) is 2.17. The van der Waals surface area contributed by atoms with Crippen molar-refractivity contribution in [3.63, 3.8) is 0 Å². The average Bonchev–Trinajstić information content (AvgIpc) is 2.32. The highest BCUT2D eigenvalue weighted by Crippen LogP contribution is 2.12. The number of nitrogens with one attached hydrogen (secondary N) is 1. The van der Waals surface area contributed by atoms with Crippen molar-refractivity contribution >= 4 is 28.6 Å². The summed E-state index contributed by atoms with van der Waals surface area (Å²) in [6.45, 7) is 1.53. The Hall–Kier alpha value is -0.0800. The van der Waals surface area contributed by atoms with Gasteiger partial charge < -0.3 is 10.0 Å². The zero-order chi connectivity index (χ0) is 8.27. The van der Waals surface area contributed by atoms with Crippen molar-refractivity contribution in [2.45, 2.75) is 4.05 Å². The van der Waals surface area contributed by atoms with Crippen molar-refractivity contribution in [1.29, 1.82) is 0 Å². The lowest BCUT2D eigenvalue weighted by atomic mass is 10.5. The molecule has 1 unspecified atom stereocenters. The molecule has 0 bridgehead atoms. The molecule has 0 amide bonds. The first-order chi connectivity index (χ1) is 5.27. The molecule has 6 heteroatoms. The molecule has 0 saturated heterocycles. The third-order valence-corrected chi connectivity index (χ3v) is 2.10.